The first kappa shape index (κ1) is 17.5. The van der Waals surface area contributed by atoms with Gasteiger partial charge in [-0.2, -0.15) is 0 Å². The van der Waals surface area contributed by atoms with E-state index in [0.29, 0.717) is 10.5 Å². The van der Waals surface area contributed by atoms with E-state index in [9.17, 15) is 9.59 Å². The van der Waals surface area contributed by atoms with Crippen LogP contribution in [-0.2, 0) is 17.6 Å². The lowest BCUT2D eigenvalue weighted by atomic mass is 9.89. The number of thioether (sulfide) groups is 1. The Labute approximate surface area is 160 Å². The van der Waals surface area contributed by atoms with E-state index >= 15 is 0 Å². The van der Waals surface area contributed by atoms with Gasteiger partial charge in [0.1, 0.15) is 10.6 Å². The molecule has 1 aliphatic carbocycles. The van der Waals surface area contributed by atoms with Crippen LogP contribution < -0.4 is 5.56 Å². The van der Waals surface area contributed by atoms with E-state index in [1.165, 1.54) is 47.1 Å². The van der Waals surface area contributed by atoms with Gasteiger partial charge < -0.3 is 4.98 Å². The highest BCUT2D eigenvalue weighted by Crippen LogP contribution is 2.34. The van der Waals surface area contributed by atoms with Crippen LogP contribution >= 0.6 is 23.1 Å². The Morgan fingerprint density at radius 2 is 2.04 bits per heavy atom. The molecular weight excluding hydrogens is 364 g/mol. The number of hydrogen-bond acceptors (Lipinski definition) is 5. The smallest absolute Gasteiger partial charge is 0.260 e. The Hall–Kier alpha value is -1.92. The largest absolute Gasteiger partial charge is 0.301 e. The van der Waals surface area contributed by atoms with Crippen LogP contribution in [0.25, 0.3) is 21.3 Å². The van der Waals surface area contributed by atoms with Gasteiger partial charge in [-0.3, -0.25) is 9.59 Å². The van der Waals surface area contributed by atoms with Crippen molar-refractivity contribution in [2.75, 3.05) is 0 Å². The molecule has 26 heavy (non-hydrogen) atoms. The number of nitrogens with one attached hydrogen (secondary N) is 1. The monoisotopic (exact) mass is 384 g/mol. The quantitative estimate of drug-likeness (QED) is 0.527. The number of H-pyrrole nitrogens is 1. The zero-order valence-corrected chi connectivity index (χ0v) is 16.4. The molecular formula is C20H20N2O2S2. The average Bonchev–Trinajstić information content (AvgIpc) is 3.05. The van der Waals surface area contributed by atoms with E-state index in [4.69, 9.17) is 0 Å². The summed E-state index contributed by atoms with van der Waals surface area (Å²) in [4.78, 5) is 32.3. The average molecular weight is 385 g/mol. The third-order valence-corrected chi connectivity index (χ3v) is 6.92. The van der Waals surface area contributed by atoms with Crippen LogP contribution in [0.4, 0.5) is 0 Å². The topological polar surface area (TPSA) is 62.8 Å². The van der Waals surface area contributed by atoms with Crippen molar-refractivity contribution in [3.05, 3.63) is 45.1 Å². The Balaban J connectivity index is 1.76. The molecule has 0 radical (unpaired) electrons. The van der Waals surface area contributed by atoms with Crippen LogP contribution in [0.2, 0.25) is 0 Å². The second-order valence-electron chi connectivity index (χ2n) is 6.76. The maximum Gasteiger partial charge on any atom is 0.260 e. The van der Waals surface area contributed by atoms with E-state index in [1.807, 2.05) is 12.3 Å². The second kappa shape index (κ2) is 7.00. The first-order chi connectivity index (χ1) is 12.5. The molecule has 2 heterocycles. The van der Waals surface area contributed by atoms with E-state index in [1.54, 1.807) is 6.92 Å². The van der Waals surface area contributed by atoms with Gasteiger partial charge >= 0.3 is 0 Å². The van der Waals surface area contributed by atoms with E-state index in [-0.39, 0.29) is 16.6 Å². The Morgan fingerprint density at radius 1 is 1.27 bits per heavy atom. The summed E-state index contributed by atoms with van der Waals surface area (Å²) in [7, 11) is 0. The lowest BCUT2D eigenvalue weighted by Crippen LogP contribution is -2.13. The van der Waals surface area contributed by atoms with Crippen molar-refractivity contribution in [1.29, 1.82) is 0 Å². The molecule has 1 atom stereocenters. The number of carbonyl (C=O) groups excluding carboxylic acids is 1. The number of Topliss-reactive ketones (excluding diaryl/α,β-unsaturated/α-hetero) is 1. The minimum absolute atomic E-state index is 0.0682. The van der Waals surface area contributed by atoms with Crippen molar-refractivity contribution < 1.29 is 4.79 Å². The number of carbonyl (C=O) groups is 1. The van der Waals surface area contributed by atoms with E-state index < -0.39 is 0 Å². The molecule has 2 aromatic heterocycles. The number of nitrogens with zero attached hydrogens (tertiary/aromatic N) is 1. The van der Waals surface area contributed by atoms with Crippen LogP contribution in [0.3, 0.4) is 0 Å². The number of aromatic amines is 1. The first-order valence-corrected chi connectivity index (χ1v) is 10.6. The summed E-state index contributed by atoms with van der Waals surface area (Å²) in [6.45, 7) is 3.37. The fourth-order valence-electron chi connectivity index (χ4n) is 3.35. The molecule has 3 aromatic rings. The molecule has 6 heteroatoms. The summed E-state index contributed by atoms with van der Waals surface area (Å²) in [6, 6.07) is 6.55. The van der Waals surface area contributed by atoms with Gasteiger partial charge in [-0.15, -0.1) is 11.3 Å². The third kappa shape index (κ3) is 3.23. The van der Waals surface area contributed by atoms with Crippen LogP contribution in [0.5, 0.6) is 0 Å². The van der Waals surface area contributed by atoms with Crippen molar-refractivity contribution in [3.8, 4) is 11.1 Å². The number of thiophene rings is 1. The normalized spacial score (nSPS) is 15.0. The van der Waals surface area contributed by atoms with Gasteiger partial charge in [0.05, 0.1) is 10.6 Å². The van der Waals surface area contributed by atoms with Crippen molar-refractivity contribution in [2.24, 2.45) is 0 Å². The second-order valence-corrected chi connectivity index (χ2v) is 8.95. The summed E-state index contributed by atoms with van der Waals surface area (Å²) in [5.74, 6) is 0.0682. The molecule has 0 spiro atoms. The molecule has 4 rings (SSSR count). The Bertz CT molecular complexity index is 1050. The number of ketones is 1. The number of benzene rings is 1. The summed E-state index contributed by atoms with van der Waals surface area (Å²) in [5, 5.41) is 2.94. The maximum absolute atomic E-state index is 12.7. The highest BCUT2D eigenvalue weighted by molar-refractivity contribution is 8.00. The number of rotatable bonds is 4. The lowest BCUT2D eigenvalue weighted by molar-refractivity contribution is -0.116. The van der Waals surface area contributed by atoms with Crippen LogP contribution in [-0.4, -0.2) is 21.0 Å². The minimum Gasteiger partial charge on any atom is -0.301 e. The van der Waals surface area contributed by atoms with Crippen LogP contribution in [0.15, 0.2) is 33.5 Å². The molecule has 0 bridgehead atoms. The van der Waals surface area contributed by atoms with Gasteiger partial charge in [-0.25, -0.2) is 4.98 Å². The van der Waals surface area contributed by atoms with Crippen molar-refractivity contribution >= 4 is 39.1 Å². The van der Waals surface area contributed by atoms with E-state index in [2.05, 4.69) is 28.2 Å². The molecule has 1 aliphatic rings. The molecule has 1 unspecified atom stereocenters. The lowest BCUT2D eigenvalue weighted by Gasteiger charge is -2.16. The maximum atomic E-state index is 12.7. The predicted octanol–water partition coefficient (Wildman–Crippen LogP) is 4.60. The summed E-state index contributed by atoms with van der Waals surface area (Å²) >= 11 is 2.78. The number of aryl methyl sites for hydroxylation is 2. The van der Waals surface area contributed by atoms with Crippen LogP contribution in [0.1, 0.15) is 37.8 Å². The molecule has 0 fully saturated rings. The Morgan fingerprint density at radius 3 is 2.81 bits per heavy atom. The van der Waals surface area contributed by atoms with Gasteiger partial charge in [0.2, 0.25) is 0 Å². The zero-order valence-electron chi connectivity index (χ0n) is 14.8. The number of fused-ring (bicyclic) bond motifs is 2. The Kier molecular flexibility index (Phi) is 4.71. The highest BCUT2D eigenvalue weighted by atomic mass is 32.2. The van der Waals surface area contributed by atoms with Gasteiger partial charge in [0.25, 0.3) is 5.56 Å². The fraction of sp³-hybridized carbons (Fsp3) is 0.350. The van der Waals surface area contributed by atoms with Gasteiger partial charge in [-0.1, -0.05) is 30.0 Å². The van der Waals surface area contributed by atoms with Crippen LogP contribution in [0, 0.1) is 0 Å². The number of hydrogen-bond donors (Lipinski definition) is 1. The predicted molar refractivity (Wildman–Crippen MR) is 108 cm³/mol. The van der Waals surface area contributed by atoms with Crippen molar-refractivity contribution in [3.63, 3.8) is 0 Å². The fourth-order valence-corrected chi connectivity index (χ4v) is 5.15. The molecule has 4 nitrogen and oxygen atoms in total. The van der Waals surface area contributed by atoms with Gasteiger partial charge in [-0.05, 0) is 56.2 Å². The third-order valence-electron chi connectivity index (χ3n) is 4.94. The summed E-state index contributed by atoms with van der Waals surface area (Å²) in [6.07, 6.45) is 4.76. The van der Waals surface area contributed by atoms with Crippen molar-refractivity contribution in [2.45, 2.75) is 49.9 Å². The highest BCUT2D eigenvalue weighted by Gasteiger charge is 2.17. The SMILES string of the molecule is CC(=O)C(C)Sc1nc2scc(-c3ccc4c(c3)CCCC4)c2c(=O)[nH]1. The molecule has 0 saturated heterocycles. The molecule has 0 aliphatic heterocycles. The van der Waals surface area contributed by atoms with Gasteiger partial charge in [0.15, 0.2) is 5.16 Å². The molecule has 0 saturated carbocycles. The molecule has 134 valence electrons. The zero-order chi connectivity index (χ0) is 18.3. The molecule has 0 amide bonds. The number of aromatic nitrogens is 2. The van der Waals surface area contributed by atoms with E-state index in [0.717, 1.165) is 28.8 Å². The summed E-state index contributed by atoms with van der Waals surface area (Å²) in [5.41, 5.74) is 4.73. The standard InChI is InChI=1S/C20H20N2O2S2/c1-11(23)12(2)26-20-21-18(24)17-16(10-25-19(17)22-20)15-8-7-13-5-3-4-6-14(13)9-15/h7-10,12H,3-6H2,1-2H3,(H,21,22,24). The minimum atomic E-state index is -0.226. The van der Waals surface area contributed by atoms with Gasteiger partial charge in [0, 0.05) is 10.9 Å². The van der Waals surface area contributed by atoms with Crippen molar-refractivity contribution in [1.82, 2.24) is 9.97 Å². The molecule has 1 aromatic carbocycles. The first-order valence-electron chi connectivity index (χ1n) is 8.83. The molecule has 1 N–H and O–H groups in total. The summed E-state index contributed by atoms with van der Waals surface area (Å²) < 4.78 is 0.